The molecule has 1 fully saturated rings. The van der Waals surface area contributed by atoms with Crippen molar-refractivity contribution in [1.82, 2.24) is 4.90 Å². The van der Waals surface area contributed by atoms with E-state index in [1.165, 1.54) is 0 Å². The van der Waals surface area contributed by atoms with Crippen LogP contribution in [0.2, 0.25) is 0 Å². The normalized spacial score (nSPS) is 14.7. The molecule has 174 valence electrons. The van der Waals surface area contributed by atoms with Gasteiger partial charge in [-0.2, -0.15) is 0 Å². The average Bonchev–Trinajstić information content (AvgIpc) is 3.02. The van der Waals surface area contributed by atoms with E-state index in [-0.39, 0.29) is 11.4 Å². The number of nitrogens with zero attached hydrogens (tertiary/aromatic N) is 1. The lowest BCUT2D eigenvalue weighted by molar-refractivity contribution is -0.127. The lowest BCUT2D eigenvalue weighted by atomic mass is 10.2. The first kappa shape index (κ1) is 24.9. The van der Waals surface area contributed by atoms with Gasteiger partial charge in [0.2, 0.25) is 5.91 Å². The molecule has 2 aromatic rings. The van der Waals surface area contributed by atoms with Gasteiger partial charge < -0.3 is 14.8 Å². The number of carbonyl (C=O) groups excluding carboxylic acids is 3. The molecule has 1 aliphatic heterocycles. The molecule has 1 saturated heterocycles. The molecule has 0 bridgehead atoms. The summed E-state index contributed by atoms with van der Waals surface area (Å²) in [6, 6.07) is 10.8. The van der Waals surface area contributed by atoms with Gasteiger partial charge in [-0.1, -0.05) is 24.6 Å². The van der Waals surface area contributed by atoms with Crippen molar-refractivity contribution in [2.45, 2.75) is 27.2 Å². The molecule has 3 amide bonds. The molecule has 33 heavy (non-hydrogen) atoms. The third-order valence-electron chi connectivity index (χ3n) is 4.59. The molecule has 1 N–H and O–H groups in total. The van der Waals surface area contributed by atoms with Gasteiger partial charge in [-0.05, 0) is 83.9 Å². The molecular weight excluding hydrogens is 508 g/mol. The van der Waals surface area contributed by atoms with Crippen LogP contribution < -0.4 is 14.8 Å². The van der Waals surface area contributed by atoms with E-state index in [1.807, 2.05) is 32.9 Å². The number of hydrogen-bond donors (Lipinski definition) is 1. The van der Waals surface area contributed by atoms with E-state index in [0.717, 1.165) is 28.6 Å². The number of halogens is 1. The Morgan fingerprint density at radius 3 is 2.55 bits per heavy atom. The second kappa shape index (κ2) is 11.4. The molecule has 7 nitrogen and oxygen atoms in total. The summed E-state index contributed by atoms with van der Waals surface area (Å²) in [5.41, 5.74) is 2.34. The predicted molar refractivity (Wildman–Crippen MR) is 134 cm³/mol. The van der Waals surface area contributed by atoms with E-state index in [0.29, 0.717) is 40.4 Å². The van der Waals surface area contributed by atoms with E-state index < -0.39 is 17.1 Å². The van der Waals surface area contributed by atoms with Crippen molar-refractivity contribution in [3.63, 3.8) is 0 Å². The molecule has 0 atom stereocenters. The Morgan fingerprint density at radius 2 is 1.88 bits per heavy atom. The number of amides is 3. The highest BCUT2D eigenvalue weighted by molar-refractivity contribution is 9.10. The third-order valence-corrected chi connectivity index (χ3v) is 6.09. The van der Waals surface area contributed by atoms with E-state index in [4.69, 9.17) is 9.47 Å². The van der Waals surface area contributed by atoms with Gasteiger partial charge >= 0.3 is 0 Å². The van der Waals surface area contributed by atoms with Gasteiger partial charge in [-0.15, -0.1) is 0 Å². The van der Waals surface area contributed by atoms with E-state index in [2.05, 4.69) is 21.2 Å². The molecule has 0 radical (unpaired) electrons. The van der Waals surface area contributed by atoms with E-state index in [9.17, 15) is 14.4 Å². The molecule has 1 aliphatic rings. The summed E-state index contributed by atoms with van der Waals surface area (Å²) in [5, 5.41) is 2.21. The quantitative estimate of drug-likeness (QED) is 0.422. The van der Waals surface area contributed by atoms with Crippen molar-refractivity contribution >= 4 is 56.5 Å². The Balaban J connectivity index is 1.75. The fraction of sp³-hybridized carbons (Fsp3) is 0.292. The number of hydrogen-bond acceptors (Lipinski definition) is 6. The SMILES string of the molecule is CCCOc1c(Br)cc(/C=C2\SC(=O)N(CC(=O)Nc3ccc(C)cc3)C2=O)cc1OCC. The van der Waals surface area contributed by atoms with Crippen LogP contribution in [0.15, 0.2) is 45.8 Å². The zero-order valence-electron chi connectivity index (χ0n) is 18.6. The van der Waals surface area contributed by atoms with Crippen molar-refractivity contribution in [1.29, 1.82) is 0 Å². The molecule has 1 heterocycles. The first-order chi connectivity index (χ1) is 15.8. The van der Waals surface area contributed by atoms with Crippen LogP contribution in [0.25, 0.3) is 6.08 Å². The van der Waals surface area contributed by atoms with Gasteiger partial charge in [-0.3, -0.25) is 19.3 Å². The maximum absolute atomic E-state index is 12.8. The number of ether oxygens (including phenoxy) is 2. The maximum Gasteiger partial charge on any atom is 0.294 e. The minimum Gasteiger partial charge on any atom is -0.490 e. The molecule has 0 spiro atoms. The average molecular weight is 533 g/mol. The second-order valence-corrected chi connectivity index (χ2v) is 9.14. The summed E-state index contributed by atoms with van der Waals surface area (Å²) in [7, 11) is 0. The summed E-state index contributed by atoms with van der Waals surface area (Å²) >= 11 is 4.30. The summed E-state index contributed by atoms with van der Waals surface area (Å²) < 4.78 is 12.2. The van der Waals surface area contributed by atoms with Gasteiger partial charge in [-0.25, -0.2) is 0 Å². The topological polar surface area (TPSA) is 84.9 Å². The molecule has 0 saturated carbocycles. The number of imide groups is 1. The summed E-state index contributed by atoms with van der Waals surface area (Å²) in [5.74, 6) is 0.186. The predicted octanol–water partition coefficient (Wildman–Crippen LogP) is 5.62. The highest BCUT2D eigenvalue weighted by Gasteiger charge is 2.36. The summed E-state index contributed by atoms with van der Waals surface area (Å²) in [6.07, 6.45) is 2.46. The molecule has 0 aromatic heterocycles. The van der Waals surface area contributed by atoms with Crippen molar-refractivity contribution in [3.05, 3.63) is 56.9 Å². The molecule has 0 unspecified atom stereocenters. The van der Waals surface area contributed by atoms with Crippen LogP contribution in [0.5, 0.6) is 11.5 Å². The zero-order valence-corrected chi connectivity index (χ0v) is 21.0. The van der Waals surface area contributed by atoms with Crippen molar-refractivity contribution < 1.29 is 23.9 Å². The zero-order chi connectivity index (χ0) is 24.0. The highest BCUT2D eigenvalue weighted by atomic mass is 79.9. The summed E-state index contributed by atoms with van der Waals surface area (Å²) in [6.45, 7) is 6.47. The van der Waals surface area contributed by atoms with E-state index in [1.54, 1.807) is 30.3 Å². The van der Waals surface area contributed by atoms with Gasteiger partial charge in [0.15, 0.2) is 11.5 Å². The molecule has 0 aliphatic carbocycles. The molecule has 3 rings (SSSR count). The van der Waals surface area contributed by atoms with Crippen molar-refractivity contribution in [2.24, 2.45) is 0 Å². The smallest absolute Gasteiger partial charge is 0.294 e. The Kier molecular flexibility index (Phi) is 8.57. The lowest BCUT2D eigenvalue weighted by Gasteiger charge is -2.14. The van der Waals surface area contributed by atoms with Gasteiger partial charge in [0.1, 0.15) is 6.54 Å². The Morgan fingerprint density at radius 1 is 1.15 bits per heavy atom. The van der Waals surface area contributed by atoms with Crippen molar-refractivity contribution in [2.75, 3.05) is 25.1 Å². The number of aryl methyl sites for hydroxylation is 1. The lowest BCUT2D eigenvalue weighted by Crippen LogP contribution is -2.36. The van der Waals surface area contributed by atoms with Gasteiger partial charge in [0.05, 0.1) is 22.6 Å². The minimum absolute atomic E-state index is 0.236. The maximum atomic E-state index is 12.8. The largest absolute Gasteiger partial charge is 0.490 e. The standard InChI is InChI=1S/C24H25BrN2O5S/c1-4-10-32-22-18(25)11-16(12-19(22)31-5-2)13-20-23(29)27(24(30)33-20)14-21(28)26-17-8-6-15(3)7-9-17/h6-9,11-13H,4-5,10,14H2,1-3H3,(H,26,28)/b20-13-. The summed E-state index contributed by atoms with van der Waals surface area (Å²) in [4.78, 5) is 38.8. The first-order valence-electron chi connectivity index (χ1n) is 10.5. The van der Waals surface area contributed by atoms with Crippen molar-refractivity contribution in [3.8, 4) is 11.5 Å². The van der Waals surface area contributed by atoms with E-state index >= 15 is 0 Å². The second-order valence-electron chi connectivity index (χ2n) is 7.29. The fourth-order valence-electron chi connectivity index (χ4n) is 3.05. The molecule has 9 heteroatoms. The third kappa shape index (κ3) is 6.39. The van der Waals surface area contributed by atoms with Crippen LogP contribution >= 0.6 is 27.7 Å². The van der Waals surface area contributed by atoms with Crippen LogP contribution in [0.1, 0.15) is 31.4 Å². The monoisotopic (exact) mass is 532 g/mol. The Bertz CT molecular complexity index is 1090. The number of rotatable bonds is 9. The number of nitrogens with one attached hydrogen (secondary N) is 1. The number of benzene rings is 2. The molecule has 2 aromatic carbocycles. The van der Waals surface area contributed by atoms with Crippen LogP contribution in [-0.2, 0) is 9.59 Å². The fourth-order valence-corrected chi connectivity index (χ4v) is 4.46. The Labute approximate surface area is 205 Å². The molecular formula is C24H25BrN2O5S. The number of anilines is 1. The van der Waals surface area contributed by atoms with Gasteiger partial charge in [0.25, 0.3) is 11.1 Å². The highest BCUT2D eigenvalue weighted by Crippen LogP contribution is 2.39. The van der Waals surface area contributed by atoms with Gasteiger partial charge in [0, 0.05) is 5.69 Å². The number of carbonyl (C=O) groups is 3. The van der Waals surface area contributed by atoms with Crippen LogP contribution in [0.4, 0.5) is 10.5 Å². The van der Waals surface area contributed by atoms with Crippen LogP contribution in [-0.4, -0.2) is 41.7 Å². The Hall–Kier alpha value is -2.78. The van der Waals surface area contributed by atoms with Crippen LogP contribution in [0, 0.1) is 6.92 Å². The minimum atomic E-state index is -0.510. The van der Waals surface area contributed by atoms with Crippen LogP contribution in [0.3, 0.4) is 0 Å². The first-order valence-corrected chi connectivity index (χ1v) is 12.1. The number of thioether (sulfide) groups is 1.